The topological polar surface area (TPSA) is 78.6 Å². The van der Waals surface area contributed by atoms with Gasteiger partial charge in [0.05, 0.1) is 6.61 Å². The van der Waals surface area contributed by atoms with Crippen LogP contribution in [-0.2, 0) is 18.9 Å². The van der Waals surface area contributed by atoms with Gasteiger partial charge in [-0.25, -0.2) is 4.18 Å². The first kappa shape index (κ1) is 23.6. The molecule has 2 N–H and O–H groups in total. The lowest BCUT2D eigenvalue weighted by Crippen LogP contribution is -2.14. The summed E-state index contributed by atoms with van der Waals surface area (Å²) >= 11 is 0. The Balaban J connectivity index is 3.18. The molecule has 0 unspecified atom stereocenters. The Bertz CT molecular complexity index is 382. The predicted molar refractivity (Wildman–Crippen MR) is 99.6 cm³/mol. The second-order valence-corrected chi connectivity index (χ2v) is 7.51. The number of unbranched alkanes of at least 4 members (excludes halogenated alkanes) is 12. The van der Waals surface area contributed by atoms with E-state index < -0.39 is 10.4 Å². The van der Waals surface area contributed by atoms with Crippen molar-refractivity contribution < 1.29 is 16.9 Å². The molecule has 0 amide bonds. The van der Waals surface area contributed by atoms with Gasteiger partial charge in [-0.2, -0.15) is 18.6 Å². The molecule has 0 aromatic carbocycles. The van der Waals surface area contributed by atoms with Crippen LogP contribution in [0.2, 0.25) is 0 Å². The number of allylic oxidation sites excluding steroid dienone is 2. The molecule has 5 nitrogen and oxygen atoms in total. The summed E-state index contributed by atoms with van der Waals surface area (Å²) in [6.07, 6.45) is 21.6. The van der Waals surface area contributed by atoms with Crippen LogP contribution in [0.25, 0.3) is 0 Å². The molecule has 144 valence electrons. The van der Waals surface area contributed by atoms with Crippen molar-refractivity contribution in [2.75, 3.05) is 6.61 Å². The maximum Gasteiger partial charge on any atom is 0.415 e. The Morgan fingerprint density at radius 2 is 1.21 bits per heavy atom. The predicted octanol–water partition coefficient (Wildman–Crippen LogP) is 5.18. The van der Waals surface area contributed by atoms with E-state index in [0.29, 0.717) is 6.42 Å². The van der Waals surface area contributed by atoms with E-state index in [1.165, 1.54) is 70.6 Å². The minimum atomic E-state index is -3.97. The fourth-order valence-corrected chi connectivity index (χ4v) is 2.92. The second-order valence-electron chi connectivity index (χ2n) is 6.26. The largest absolute Gasteiger partial charge is 0.415 e. The average molecular weight is 364 g/mol. The van der Waals surface area contributed by atoms with Crippen molar-refractivity contribution in [1.29, 1.82) is 0 Å². The highest BCUT2D eigenvalue weighted by molar-refractivity contribution is 7.81. The van der Waals surface area contributed by atoms with Crippen molar-refractivity contribution in [2.45, 2.75) is 96.8 Å². The van der Waals surface area contributed by atoms with Gasteiger partial charge in [0.25, 0.3) is 0 Å². The standard InChI is InChI=1S/C18H37NO4S/c1-2-3-4-5-6-7-8-9-10-11-12-13-14-15-16-17-18-22-24(20,21)23-19/h9-10H,2-8,11-19H2,1H3. The first-order valence-electron chi connectivity index (χ1n) is 9.55. The lowest BCUT2D eigenvalue weighted by Gasteiger charge is -2.02. The molecule has 0 spiro atoms. The van der Waals surface area contributed by atoms with Crippen LogP contribution in [0.15, 0.2) is 12.2 Å². The zero-order valence-electron chi connectivity index (χ0n) is 15.4. The van der Waals surface area contributed by atoms with Crippen molar-refractivity contribution in [3.8, 4) is 0 Å². The lowest BCUT2D eigenvalue weighted by atomic mass is 10.1. The van der Waals surface area contributed by atoms with E-state index >= 15 is 0 Å². The van der Waals surface area contributed by atoms with Crippen molar-refractivity contribution in [1.82, 2.24) is 0 Å². The smallest absolute Gasteiger partial charge is 0.247 e. The Kier molecular flexibility index (Phi) is 17.1. The fraction of sp³-hybridized carbons (Fsp3) is 0.889. The molecule has 24 heavy (non-hydrogen) atoms. The zero-order chi connectivity index (χ0) is 17.9. The van der Waals surface area contributed by atoms with E-state index in [9.17, 15) is 8.42 Å². The molecule has 0 aliphatic carbocycles. The van der Waals surface area contributed by atoms with Crippen LogP contribution in [0.5, 0.6) is 0 Å². The molecule has 0 fully saturated rings. The van der Waals surface area contributed by atoms with Crippen molar-refractivity contribution in [2.24, 2.45) is 5.90 Å². The van der Waals surface area contributed by atoms with Gasteiger partial charge in [-0.1, -0.05) is 76.9 Å². The molecular weight excluding hydrogens is 326 g/mol. The van der Waals surface area contributed by atoms with E-state index in [1.807, 2.05) is 0 Å². The van der Waals surface area contributed by atoms with Crippen molar-refractivity contribution >= 4 is 10.4 Å². The van der Waals surface area contributed by atoms with Gasteiger partial charge < -0.3 is 0 Å². The minimum absolute atomic E-state index is 0.140. The second kappa shape index (κ2) is 17.4. The monoisotopic (exact) mass is 363 g/mol. The number of nitrogens with two attached hydrogens (primary N) is 1. The van der Waals surface area contributed by atoms with Crippen molar-refractivity contribution in [3.63, 3.8) is 0 Å². The first-order valence-corrected chi connectivity index (χ1v) is 10.9. The summed E-state index contributed by atoms with van der Waals surface area (Å²) in [6, 6.07) is 0. The molecule has 0 atom stereocenters. The molecule has 0 heterocycles. The maximum absolute atomic E-state index is 10.8. The molecule has 0 bridgehead atoms. The van der Waals surface area contributed by atoms with Crippen molar-refractivity contribution in [3.05, 3.63) is 12.2 Å². The molecule has 0 saturated heterocycles. The number of hydrogen-bond acceptors (Lipinski definition) is 5. The minimum Gasteiger partial charge on any atom is -0.247 e. The molecule has 0 aliphatic heterocycles. The van der Waals surface area contributed by atoms with Gasteiger partial charge >= 0.3 is 10.4 Å². The first-order chi connectivity index (χ1) is 11.6. The van der Waals surface area contributed by atoms with E-state index in [0.717, 1.165) is 12.8 Å². The summed E-state index contributed by atoms with van der Waals surface area (Å²) < 4.78 is 29.8. The molecule has 0 aromatic heterocycles. The van der Waals surface area contributed by atoms with Crippen LogP contribution >= 0.6 is 0 Å². The highest BCUT2D eigenvalue weighted by atomic mass is 32.3. The van der Waals surface area contributed by atoms with Gasteiger partial charge in [-0.3, -0.25) is 0 Å². The zero-order valence-corrected chi connectivity index (χ0v) is 16.2. The highest BCUT2D eigenvalue weighted by Crippen LogP contribution is 2.10. The number of rotatable bonds is 18. The van der Waals surface area contributed by atoms with Gasteiger partial charge in [-0.15, -0.1) is 0 Å². The van der Waals surface area contributed by atoms with Gasteiger partial charge in [0.2, 0.25) is 0 Å². The third-order valence-corrected chi connectivity index (χ3v) is 4.69. The summed E-state index contributed by atoms with van der Waals surface area (Å²) in [6.45, 7) is 2.39. The van der Waals surface area contributed by atoms with E-state index in [2.05, 4.69) is 33.4 Å². The van der Waals surface area contributed by atoms with Crippen LogP contribution in [0.1, 0.15) is 96.8 Å². The third kappa shape index (κ3) is 17.9. The van der Waals surface area contributed by atoms with Gasteiger partial charge in [0, 0.05) is 0 Å². The maximum atomic E-state index is 10.8. The summed E-state index contributed by atoms with van der Waals surface area (Å²) in [5.41, 5.74) is 0. The summed E-state index contributed by atoms with van der Waals surface area (Å²) in [5, 5.41) is 0. The molecular formula is C18H37NO4S. The molecule has 0 aromatic rings. The normalized spacial score (nSPS) is 12.2. The average Bonchev–Trinajstić information content (AvgIpc) is 2.57. The fourth-order valence-electron chi connectivity index (χ4n) is 2.54. The Hall–Kier alpha value is -0.430. The molecule has 0 radical (unpaired) electrons. The Labute approximate surface area is 149 Å². The van der Waals surface area contributed by atoms with Gasteiger partial charge in [0.15, 0.2) is 0 Å². The lowest BCUT2D eigenvalue weighted by molar-refractivity contribution is 0.214. The highest BCUT2D eigenvalue weighted by Gasteiger charge is 2.08. The number of hydrogen-bond donors (Lipinski definition) is 1. The SMILES string of the molecule is CCCCCCCCC=CCCCCCCCCOS(=O)(=O)ON. The summed E-state index contributed by atoms with van der Waals surface area (Å²) in [7, 11) is -3.97. The molecule has 0 aliphatic rings. The van der Waals surface area contributed by atoms with E-state index in [4.69, 9.17) is 0 Å². The Morgan fingerprint density at radius 1 is 0.750 bits per heavy atom. The van der Waals surface area contributed by atoms with Crippen LogP contribution in [0, 0.1) is 0 Å². The van der Waals surface area contributed by atoms with E-state index in [1.54, 1.807) is 0 Å². The van der Waals surface area contributed by atoms with Crippen LogP contribution in [0.3, 0.4) is 0 Å². The van der Waals surface area contributed by atoms with E-state index in [-0.39, 0.29) is 6.61 Å². The third-order valence-electron chi connectivity index (χ3n) is 4.00. The molecule has 0 rings (SSSR count). The molecule has 6 heteroatoms. The molecule has 0 saturated carbocycles. The summed E-state index contributed by atoms with van der Waals surface area (Å²) in [5.74, 6) is 4.56. The van der Waals surface area contributed by atoms with Crippen LogP contribution < -0.4 is 5.90 Å². The quantitative estimate of drug-likeness (QED) is 0.206. The van der Waals surface area contributed by atoms with Gasteiger partial charge in [0.1, 0.15) is 0 Å². The van der Waals surface area contributed by atoms with Crippen LogP contribution in [0.4, 0.5) is 0 Å². The van der Waals surface area contributed by atoms with Gasteiger partial charge in [-0.05, 0) is 32.1 Å². The Morgan fingerprint density at radius 3 is 1.71 bits per heavy atom. The van der Waals surface area contributed by atoms with Crippen LogP contribution in [-0.4, -0.2) is 15.0 Å². The summed E-state index contributed by atoms with van der Waals surface area (Å²) in [4.78, 5) is 0.